The van der Waals surface area contributed by atoms with Gasteiger partial charge in [0.2, 0.25) is 16.0 Å². The molecule has 0 unspecified atom stereocenters. The van der Waals surface area contributed by atoms with Crippen molar-refractivity contribution < 1.29 is 21.6 Å². The van der Waals surface area contributed by atoms with Crippen molar-refractivity contribution in [3.8, 4) is 11.4 Å². The van der Waals surface area contributed by atoms with Gasteiger partial charge in [0.15, 0.2) is 0 Å². The molecule has 13 heteroatoms. The molecule has 0 aliphatic carbocycles. The third kappa shape index (κ3) is 4.39. The molecule has 2 aromatic heterocycles. The van der Waals surface area contributed by atoms with E-state index in [0.29, 0.717) is 32.1 Å². The van der Waals surface area contributed by atoms with E-state index >= 15 is 0 Å². The van der Waals surface area contributed by atoms with Gasteiger partial charge in [0.1, 0.15) is 22.1 Å². The SMILES string of the molecule is Cn1cnc(-c2nc(NC3CCN(S(C)(=O)=O)CC3)ncc2C(F)(F)F)c1Cl. The monoisotopic (exact) mass is 438 g/mol. The van der Waals surface area contributed by atoms with Crippen molar-refractivity contribution in [3.05, 3.63) is 23.2 Å². The number of aromatic nitrogens is 4. The predicted molar refractivity (Wildman–Crippen MR) is 97.3 cm³/mol. The van der Waals surface area contributed by atoms with Gasteiger partial charge in [0.05, 0.1) is 12.6 Å². The Balaban J connectivity index is 1.86. The van der Waals surface area contributed by atoms with Gasteiger partial charge in [-0.2, -0.15) is 13.2 Å². The molecule has 0 atom stereocenters. The van der Waals surface area contributed by atoms with Crippen LogP contribution in [-0.4, -0.2) is 57.6 Å². The van der Waals surface area contributed by atoms with Crippen LogP contribution < -0.4 is 5.32 Å². The van der Waals surface area contributed by atoms with Gasteiger partial charge < -0.3 is 9.88 Å². The average Bonchev–Trinajstić information content (AvgIpc) is 2.93. The van der Waals surface area contributed by atoms with Crippen LogP contribution in [0.1, 0.15) is 18.4 Å². The Morgan fingerprint density at radius 3 is 2.36 bits per heavy atom. The molecule has 1 aliphatic rings. The number of anilines is 1. The molecule has 0 spiro atoms. The summed E-state index contributed by atoms with van der Waals surface area (Å²) < 4.78 is 66.0. The highest BCUT2D eigenvalue weighted by atomic mass is 35.5. The lowest BCUT2D eigenvalue weighted by atomic mass is 10.1. The first-order valence-corrected chi connectivity index (χ1v) is 10.5. The molecule has 2 aromatic rings. The minimum atomic E-state index is -4.67. The Kier molecular flexibility index (Phi) is 5.56. The van der Waals surface area contributed by atoms with Crippen molar-refractivity contribution in [1.82, 2.24) is 23.8 Å². The Morgan fingerprint density at radius 2 is 1.86 bits per heavy atom. The summed E-state index contributed by atoms with van der Waals surface area (Å²) in [6, 6.07) is -0.165. The van der Waals surface area contributed by atoms with Crippen LogP contribution in [0.2, 0.25) is 5.15 Å². The zero-order valence-electron chi connectivity index (χ0n) is 15.0. The summed E-state index contributed by atoms with van der Waals surface area (Å²) >= 11 is 6.06. The number of hydrogen-bond acceptors (Lipinski definition) is 6. The van der Waals surface area contributed by atoms with Crippen molar-refractivity contribution in [1.29, 1.82) is 0 Å². The topological polar surface area (TPSA) is 93.0 Å². The van der Waals surface area contributed by atoms with Crippen LogP contribution >= 0.6 is 11.6 Å². The number of nitrogens with zero attached hydrogens (tertiary/aromatic N) is 5. The Morgan fingerprint density at radius 1 is 1.21 bits per heavy atom. The van der Waals surface area contributed by atoms with E-state index < -0.39 is 27.5 Å². The number of aryl methyl sites for hydroxylation is 1. The molecular formula is C15H18ClF3N6O2S. The highest BCUT2D eigenvalue weighted by Crippen LogP contribution is 2.37. The maximum atomic E-state index is 13.4. The van der Waals surface area contributed by atoms with Gasteiger partial charge in [-0.25, -0.2) is 27.7 Å². The van der Waals surface area contributed by atoms with Gasteiger partial charge >= 0.3 is 6.18 Å². The second-order valence-electron chi connectivity index (χ2n) is 6.53. The first-order valence-electron chi connectivity index (χ1n) is 8.30. The Labute approximate surface area is 164 Å². The molecular weight excluding hydrogens is 421 g/mol. The van der Waals surface area contributed by atoms with Crippen molar-refractivity contribution >= 4 is 27.6 Å². The van der Waals surface area contributed by atoms with Gasteiger partial charge in [0, 0.05) is 32.4 Å². The fourth-order valence-corrected chi connectivity index (χ4v) is 3.98. The van der Waals surface area contributed by atoms with Crippen LogP contribution in [0, 0.1) is 0 Å². The number of alkyl halides is 3. The molecule has 0 aromatic carbocycles. The smallest absolute Gasteiger partial charge is 0.351 e. The van der Waals surface area contributed by atoms with E-state index in [-0.39, 0.29) is 22.8 Å². The number of rotatable bonds is 4. The lowest BCUT2D eigenvalue weighted by Crippen LogP contribution is -2.42. The molecule has 1 N–H and O–H groups in total. The van der Waals surface area contributed by atoms with Crippen LogP contribution in [0.4, 0.5) is 19.1 Å². The first-order chi connectivity index (χ1) is 13.0. The summed E-state index contributed by atoms with van der Waals surface area (Å²) in [7, 11) is -1.71. The molecule has 0 amide bonds. The van der Waals surface area contributed by atoms with Crippen LogP contribution in [0.5, 0.6) is 0 Å². The first kappa shape index (κ1) is 20.8. The fourth-order valence-electron chi connectivity index (χ4n) is 2.93. The molecule has 28 heavy (non-hydrogen) atoms. The lowest BCUT2D eigenvalue weighted by Gasteiger charge is -2.30. The molecule has 1 aliphatic heterocycles. The summed E-state index contributed by atoms with van der Waals surface area (Å²) in [5.41, 5.74) is -1.54. The van der Waals surface area contributed by atoms with Crippen LogP contribution in [0.15, 0.2) is 12.5 Å². The quantitative estimate of drug-likeness (QED) is 0.787. The fraction of sp³-hybridized carbons (Fsp3) is 0.533. The molecule has 1 fully saturated rings. The van der Waals surface area contributed by atoms with E-state index in [4.69, 9.17) is 11.6 Å². The van der Waals surface area contributed by atoms with Gasteiger partial charge in [-0.1, -0.05) is 11.6 Å². The lowest BCUT2D eigenvalue weighted by molar-refractivity contribution is -0.137. The van der Waals surface area contributed by atoms with Crippen LogP contribution in [-0.2, 0) is 23.2 Å². The summed E-state index contributed by atoms with van der Waals surface area (Å²) in [5.74, 6) is 0.00234. The molecule has 8 nitrogen and oxygen atoms in total. The molecule has 3 heterocycles. The van der Waals surface area contributed by atoms with Gasteiger partial charge in [-0.15, -0.1) is 0 Å². The summed E-state index contributed by atoms with van der Waals surface area (Å²) in [6.07, 6.45) is -0.568. The van der Waals surface area contributed by atoms with E-state index in [9.17, 15) is 21.6 Å². The highest BCUT2D eigenvalue weighted by molar-refractivity contribution is 7.88. The van der Waals surface area contributed by atoms with Gasteiger partial charge in [-0.05, 0) is 12.8 Å². The number of sulfonamides is 1. The van der Waals surface area contributed by atoms with Crippen molar-refractivity contribution in [2.75, 3.05) is 24.7 Å². The van der Waals surface area contributed by atoms with E-state index in [1.165, 1.54) is 15.2 Å². The third-order valence-corrected chi connectivity index (χ3v) is 6.19. The normalized spacial score (nSPS) is 17.1. The number of nitrogens with one attached hydrogen (secondary N) is 1. The number of hydrogen-bond donors (Lipinski definition) is 1. The summed E-state index contributed by atoms with van der Waals surface area (Å²) in [5, 5.41) is 3.00. The van der Waals surface area contributed by atoms with Crippen molar-refractivity contribution in [2.45, 2.75) is 25.1 Å². The zero-order valence-corrected chi connectivity index (χ0v) is 16.6. The maximum Gasteiger partial charge on any atom is 0.420 e. The molecule has 3 rings (SSSR count). The summed E-state index contributed by atoms with van der Waals surface area (Å²) in [6.45, 7) is 0.631. The second kappa shape index (κ2) is 7.48. The predicted octanol–water partition coefficient (Wildman–Crippen LogP) is 2.39. The Hall–Kier alpha value is -1.92. The van der Waals surface area contributed by atoms with Crippen LogP contribution in [0.25, 0.3) is 11.4 Å². The Bertz CT molecular complexity index is 971. The van der Waals surface area contributed by atoms with E-state index in [1.807, 2.05) is 0 Å². The standard InChI is InChI=1S/C15H18ClF3N6O2S/c1-24-8-21-12(13(24)16)11-10(15(17,18)19)7-20-14(23-11)22-9-3-5-25(6-4-9)28(2,26)27/h7-9H,3-6H2,1-2H3,(H,20,22,23). The molecule has 154 valence electrons. The minimum absolute atomic E-state index is 0.00234. The molecule has 1 saturated heterocycles. The van der Waals surface area contributed by atoms with Crippen molar-refractivity contribution in [3.63, 3.8) is 0 Å². The zero-order chi connectivity index (χ0) is 20.7. The number of halogens is 4. The van der Waals surface area contributed by atoms with E-state index in [2.05, 4.69) is 20.3 Å². The highest BCUT2D eigenvalue weighted by Gasteiger charge is 2.37. The molecule has 0 bridgehead atoms. The van der Waals surface area contributed by atoms with Crippen molar-refractivity contribution in [2.24, 2.45) is 7.05 Å². The average molecular weight is 439 g/mol. The summed E-state index contributed by atoms with van der Waals surface area (Å²) in [4.78, 5) is 11.7. The third-order valence-electron chi connectivity index (χ3n) is 4.44. The van der Waals surface area contributed by atoms with Crippen LogP contribution in [0.3, 0.4) is 0 Å². The largest absolute Gasteiger partial charge is 0.420 e. The maximum absolute atomic E-state index is 13.4. The van der Waals surface area contributed by atoms with E-state index in [0.717, 1.165) is 6.26 Å². The minimum Gasteiger partial charge on any atom is -0.351 e. The number of imidazole rings is 1. The van der Waals surface area contributed by atoms with Gasteiger partial charge in [0.25, 0.3) is 0 Å². The van der Waals surface area contributed by atoms with Gasteiger partial charge in [-0.3, -0.25) is 0 Å². The number of piperidine rings is 1. The second-order valence-corrected chi connectivity index (χ2v) is 8.87. The molecule has 0 saturated carbocycles. The molecule has 0 radical (unpaired) electrons. The van der Waals surface area contributed by atoms with E-state index in [1.54, 1.807) is 7.05 Å².